The number of ether oxygens (including phenoxy) is 2. The van der Waals surface area contributed by atoms with E-state index in [-0.39, 0.29) is 46.8 Å². The van der Waals surface area contributed by atoms with E-state index in [9.17, 15) is 24.0 Å². The third-order valence-electron chi connectivity index (χ3n) is 9.29. The number of benzene rings is 2. The van der Waals surface area contributed by atoms with Crippen LogP contribution in [0.1, 0.15) is 55.0 Å². The monoisotopic (exact) mass is 887 g/mol. The molecule has 4 aromatic rings. The summed E-state index contributed by atoms with van der Waals surface area (Å²) in [5.74, 6) is -1.33. The van der Waals surface area contributed by atoms with E-state index in [1.165, 1.54) is 28.0 Å². The normalized spacial score (nSPS) is 18.4. The van der Waals surface area contributed by atoms with Crippen LogP contribution in [-0.4, -0.2) is 79.1 Å². The van der Waals surface area contributed by atoms with E-state index in [1.807, 2.05) is 79.7 Å². The van der Waals surface area contributed by atoms with Gasteiger partial charge in [0, 0.05) is 36.5 Å². The molecule has 5 heterocycles. The molecule has 2 atom stereocenters. The van der Waals surface area contributed by atoms with Gasteiger partial charge in [0.15, 0.2) is 18.5 Å². The van der Waals surface area contributed by atoms with Gasteiger partial charge in [0.25, 0.3) is 11.8 Å². The average Bonchev–Trinajstić information content (AvgIpc) is 3.75. The van der Waals surface area contributed by atoms with Gasteiger partial charge in [-0.15, -0.1) is 22.0 Å². The van der Waals surface area contributed by atoms with Gasteiger partial charge in [0.2, 0.25) is 17.6 Å². The summed E-state index contributed by atoms with van der Waals surface area (Å²) in [6, 6.07) is 21.5. The molecule has 2 fully saturated rings. The van der Waals surface area contributed by atoms with Crippen LogP contribution in [0.4, 0.5) is 9.93 Å². The van der Waals surface area contributed by atoms with Crippen molar-refractivity contribution in [1.82, 2.24) is 25.3 Å². The summed E-state index contributed by atoms with van der Waals surface area (Å²) >= 11 is 2.68. The van der Waals surface area contributed by atoms with Gasteiger partial charge in [0.1, 0.15) is 27.7 Å². The minimum Gasteiger partial charge on any atom is -1.00 e. The van der Waals surface area contributed by atoms with Gasteiger partial charge >= 0.3 is 12.1 Å². The molecule has 0 spiro atoms. The number of allylic oxidation sites excluding steroid dienone is 1. The number of aromatic nitrogens is 3. The van der Waals surface area contributed by atoms with Crippen molar-refractivity contribution in [1.29, 1.82) is 0 Å². The van der Waals surface area contributed by atoms with E-state index in [0.29, 0.717) is 35.8 Å². The van der Waals surface area contributed by atoms with E-state index >= 15 is 0 Å². The number of anilines is 1. The molecule has 2 aromatic carbocycles. The van der Waals surface area contributed by atoms with Gasteiger partial charge in [-0.25, -0.2) is 9.59 Å². The summed E-state index contributed by atoms with van der Waals surface area (Å²) in [5, 5.41) is 13.9. The largest absolute Gasteiger partial charge is 1.00 e. The number of carbonyl (C=O) groups is 5. The second kappa shape index (κ2) is 18.0. The Morgan fingerprint density at radius 3 is 2.24 bits per heavy atom. The zero-order valence-corrected chi connectivity index (χ0v) is 35.4. The molecule has 3 aliphatic rings. The second-order valence-corrected chi connectivity index (χ2v) is 17.0. The Hall–Kier alpha value is -5.39. The Kier molecular flexibility index (Phi) is 13.1. The Morgan fingerprint density at radius 1 is 0.983 bits per heavy atom. The predicted octanol–water partition coefficient (Wildman–Crippen LogP) is 1.83. The van der Waals surface area contributed by atoms with Crippen molar-refractivity contribution >= 4 is 58.0 Å². The molecule has 2 N–H and O–H groups in total. The van der Waals surface area contributed by atoms with E-state index < -0.39 is 41.1 Å². The Morgan fingerprint density at radius 2 is 1.64 bits per heavy atom. The summed E-state index contributed by atoms with van der Waals surface area (Å²) in [6.07, 6.45) is 4.20. The predicted molar refractivity (Wildman–Crippen MR) is 212 cm³/mol. The lowest BCUT2D eigenvalue weighted by Gasteiger charge is -2.49. The molecule has 14 nitrogen and oxygen atoms in total. The summed E-state index contributed by atoms with van der Waals surface area (Å²) in [7, 11) is 0. The van der Waals surface area contributed by atoms with E-state index in [2.05, 4.69) is 20.8 Å². The number of aryl methyl sites for hydroxylation is 1. The lowest BCUT2D eigenvalue weighted by atomic mass is 10.00. The van der Waals surface area contributed by atoms with Crippen LogP contribution >= 0.6 is 23.1 Å². The lowest BCUT2D eigenvalue weighted by molar-refractivity contribution is -0.684. The summed E-state index contributed by atoms with van der Waals surface area (Å²) < 4.78 is 13.4. The first-order chi connectivity index (χ1) is 27.3. The highest BCUT2D eigenvalue weighted by Crippen LogP contribution is 2.43. The van der Waals surface area contributed by atoms with E-state index in [1.54, 1.807) is 48.7 Å². The van der Waals surface area contributed by atoms with E-state index in [4.69, 9.17) is 9.47 Å². The number of fused-ring (bicyclic) bond motifs is 1. The number of pyridine rings is 1. The number of carbonyl (C=O) groups excluding carboxylic acids is 5. The number of β-lactam (4-membered cyclic amide) rings is 1. The molecule has 2 unspecified atom stereocenters. The fourth-order valence-electron chi connectivity index (χ4n) is 6.68. The molecule has 0 aliphatic carbocycles. The van der Waals surface area contributed by atoms with Crippen LogP contribution in [0.3, 0.4) is 0 Å². The molecule has 0 saturated carbocycles. The van der Waals surface area contributed by atoms with Gasteiger partial charge in [-0.2, -0.15) is 4.57 Å². The summed E-state index contributed by atoms with van der Waals surface area (Å²) in [4.78, 5) is 70.3. The van der Waals surface area contributed by atoms with Crippen molar-refractivity contribution in [2.75, 3.05) is 17.6 Å². The zero-order chi connectivity index (χ0) is 40.3. The van der Waals surface area contributed by atoms with Crippen LogP contribution in [0.25, 0.3) is 0 Å². The fourth-order valence-corrected chi connectivity index (χ4v) is 8.59. The molecule has 302 valence electrons. The first-order valence-corrected chi connectivity index (χ1v) is 20.3. The number of nitrogens with one attached hydrogen (secondary N) is 2. The van der Waals surface area contributed by atoms with Crippen LogP contribution in [0, 0.1) is 6.92 Å². The van der Waals surface area contributed by atoms with Gasteiger partial charge < -0.3 is 36.7 Å². The van der Waals surface area contributed by atoms with E-state index in [0.717, 1.165) is 21.7 Å². The number of hydrogen-bond acceptors (Lipinski definition) is 11. The SMILES string of the molecule is Cc1nnc(NC(=O)C[n+]2ccc(CN3CCC(=CC4=C(C(=O)OC(c5ccccc5)c5ccccc5)N5C(=O)C(NC(=O)OC(C)(C)C)C5SC4)C3=O)cc2)s1.[Br-]. The summed E-state index contributed by atoms with van der Waals surface area (Å²) in [6.45, 7) is 7.90. The quantitative estimate of drug-likeness (QED) is 0.0984. The number of hydrogen-bond donors (Lipinski definition) is 2. The van der Waals surface area contributed by atoms with Gasteiger partial charge in [-0.3, -0.25) is 24.6 Å². The van der Waals surface area contributed by atoms with Gasteiger partial charge in [0.05, 0.1) is 0 Å². The van der Waals surface area contributed by atoms with Crippen molar-refractivity contribution in [3.05, 3.63) is 130 Å². The Bertz CT molecular complexity index is 2210. The molecule has 7 rings (SSSR count). The molecule has 4 amide bonds. The first kappa shape index (κ1) is 42.2. The van der Waals surface area contributed by atoms with Crippen LogP contribution in [0.2, 0.25) is 0 Å². The number of thioether (sulfide) groups is 1. The Labute approximate surface area is 354 Å². The minimum absolute atomic E-state index is 0. The Balaban J connectivity index is 0.00000567. The van der Waals surface area contributed by atoms with Crippen molar-refractivity contribution in [2.24, 2.45) is 0 Å². The van der Waals surface area contributed by atoms with Crippen molar-refractivity contribution in [2.45, 2.75) is 70.3 Å². The zero-order valence-electron chi connectivity index (χ0n) is 32.2. The number of esters is 1. The van der Waals surface area contributed by atoms with Crippen molar-refractivity contribution < 1.29 is 55.0 Å². The molecule has 2 saturated heterocycles. The molecule has 58 heavy (non-hydrogen) atoms. The number of alkyl carbamates (subject to hydrolysis) is 1. The van der Waals surface area contributed by atoms with Crippen LogP contribution < -0.4 is 32.2 Å². The molecular formula is C41H42BrN7O7S2. The topological polar surface area (TPSA) is 164 Å². The standard InChI is InChI=1S/C41H41N7O7S2.BrH/c1-25-44-45-39(57-25)42-31(49)23-46-18-15-26(16-19-46)22-47-20-17-29(35(47)50)21-30-24-56-37-32(43-40(53)55-41(2,3)4)36(51)48(37)33(30)38(52)54-34(27-11-7-5-8-12-27)28-13-9-6-10-14-28;/h5-16,18-19,21,32,34,37H,17,20,22-24H2,1-4H3,(H-,42,43,45,49,53);1H. The number of rotatable bonds is 11. The van der Waals surface area contributed by atoms with Crippen LogP contribution in [-0.2, 0) is 41.7 Å². The number of halogens is 1. The molecule has 0 bridgehead atoms. The number of nitrogens with zero attached hydrogens (tertiary/aromatic N) is 5. The summed E-state index contributed by atoms with van der Waals surface area (Å²) in [5.41, 5.74) is 2.64. The molecule has 2 aromatic heterocycles. The highest BCUT2D eigenvalue weighted by atomic mass is 79.9. The first-order valence-electron chi connectivity index (χ1n) is 18.4. The van der Waals surface area contributed by atoms with Crippen LogP contribution in [0.5, 0.6) is 0 Å². The van der Waals surface area contributed by atoms with Crippen LogP contribution in [0.15, 0.2) is 108 Å². The van der Waals surface area contributed by atoms with Gasteiger partial charge in [-0.1, -0.05) is 72.0 Å². The highest BCUT2D eigenvalue weighted by molar-refractivity contribution is 8.00. The second-order valence-electron chi connectivity index (χ2n) is 14.7. The number of likely N-dealkylation sites (tertiary alicyclic amines) is 1. The number of amides is 4. The third-order valence-corrected chi connectivity index (χ3v) is 11.3. The molecule has 17 heteroatoms. The smallest absolute Gasteiger partial charge is 0.408 e. The third kappa shape index (κ3) is 9.82. The van der Waals surface area contributed by atoms with Crippen molar-refractivity contribution in [3.63, 3.8) is 0 Å². The molecule has 3 aliphatic heterocycles. The maximum absolute atomic E-state index is 14.4. The lowest BCUT2D eigenvalue weighted by Crippen LogP contribution is -3.00. The molecular weight excluding hydrogens is 847 g/mol. The highest BCUT2D eigenvalue weighted by Gasteiger charge is 2.55. The maximum Gasteiger partial charge on any atom is 0.408 e. The minimum atomic E-state index is -0.914. The molecule has 0 radical (unpaired) electrons. The maximum atomic E-state index is 14.4. The average molecular weight is 889 g/mol. The van der Waals surface area contributed by atoms with Crippen molar-refractivity contribution in [3.8, 4) is 0 Å². The fraction of sp³-hybridized carbons (Fsp3) is 0.317. The van der Waals surface area contributed by atoms with Gasteiger partial charge in [-0.05, 0) is 62.5 Å².